The highest BCUT2D eigenvalue weighted by Crippen LogP contribution is 2.24. The van der Waals surface area contributed by atoms with Crippen LogP contribution in [0.15, 0.2) is 48.5 Å². The van der Waals surface area contributed by atoms with Crippen LogP contribution in [-0.2, 0) is 13.1 Å². The Bertz CT molecular complexity index is 712. The number of nitrogens with one attached hydrogen (secondary N) is 1. The zero-order chi connectivity index (χ0) is 14.8. The monoisotopic (exact) mass is 281 g/mol. The third-order valence-corrected chi connectivity index (χ3v) is 3.65. The van der Waals surface area contributed by atoms with Gasteiger partial charge in [-0.2, -0.15) is 0 Å². The standard InChI is InChI=1S/C16H15N3O2/c17-18-15(20)13-7-3-1-5-11(13)9-19-10-12-6-2-4-8-14(12)16(19)21/h1-8H,9-10,17H2,(H,18,20). The van der Waals surface area contributed by atoms with Crippen molar-refractivity contribution in [3.63, 3.8) is 0 Å². The maximum absolute atomic E-state index is 12.4. The van der Waals surface area contributed by atoms with Crippen molar-refractivity contribution in [2.45, 2.75) is 13.1 Å². The fourth-order valence-electron chi connectivity index (χ4n) is 2.61. The molecule has 0 unspecified atom stereocenters. The lowest BCUT2D eigenvalue weighted by Gasteiger charge is -2.17. The number of nitrogens with two attached hydrogens (primary N) is 1. The van der Waals surface area contributed by atoms with Gasteiger partial charge in [-0.1, -0.05) is 36.4 Å². The van der Waals surface area contributed by atoms with Crippen molar-refractivity contribution >= 4 is 11.8 Å². The number of hydrogen-bond acceptors (Lipinski definition) is 3. The van der Waals surface area contributed by atoms with Crippen LogP contribution >= 0.6 is 0 Å². The van der Waals surface area contributed by atoms with Gasteiger partial charge in [0.25, 0.3) is 11.8 Å². The summed E-state index contributed by atoms with van der Waals surface area (Å²) in [5.41, 5.74) is 5.15. The van der Waals surface area contributed by atoms with Gasteiger partial charge in [0.1, 0.15) is 0 Å². The van der Waals surface area contributed by atoms with Crippen molar-refractivity contribution in [2.24, 2.45) is 5.84 Å². The largest absolute Gasteiger partial charge is 0.330 e. The Kier molecular flexibility index (Phi) is 3.41. The lowest BCUT2D eigenvalue weighted by molar-refractivity contribution is 0.0763. The molecule has 0 saturated carbocycles. The molecular formula is C16H15N3O2. The van der Waals surface area contributed by atoms with Crippen molar-refractivity contribution in [1.29, 1.82) is 0 Å². The first-order chi connectivity index (χ1) is 10.2. The summed E-state index contributed by atoms with van der Waals surface area (Å²) in [4.78, 5) is 25.9. The Hall–Kier alpha value is -2.66. The molecule has 3 rings (SSSR count). The van der Waals surface area contributed by atoms with Crippen molar-refractivity contribution in [3.8, 4) is 0 Å². The van der Waals surface area contributed by atoms with Crippen LogP contribution in [0.2, 0.25) is 0 Å². The van der Waals surface area contributed by atoms with E-state index in [1.54, 1.807) is 17.0 Å². The van der Waals surface area contributed by atoms with E-state index in [1.165, 1.54) is 0 Å². The van der Waals surface area contributed by atoms with Crippen LogP contribution in [0.1, 0.15) is 31.8 Å². The summed E-state index contributed by atoms with van der Waals surface area (Å²) in [5.74, 6) is 4.84. The minimum absolute atomic E-state index is 0.00596. The summed E-state index contributed by atoms with van der Waals surface area (Å²) >= 11 is 0. The molecular weight excluding hydrogens is 266 g/mol. The molecule has 21 heavy (non-hydrogen) atoms. The van der Waals surface area contributed by atoms with Crippen LogP contribution in [-0.4, -0.2) is 16.7 Å². The number of carbonyl (C=O) groups excluding carboxylic acids is 2. The van der Waals surface area contributed by atoms with Gasteiger partial charge in [0.2, 0.25) is 0 Å². The summed E-state index contributed by atoms with van der Waals surface area (Å²) in [5, 5.41) is 0. The number of hydrazine groups is 1. The summed E-state index contributed by atoms with van der Waals surface area (Å²) < 4.78 is 0. The number of hydrogen-bond donors (Lipinski definition) is 2. The third kappa shape index (κ3) is 2.39. The van der Waals surface area contributed by atoms with Gasteiger partial charge >= 0.3 is 0 Å². The smallest absolute Gasteiger partial charge is 0.265 e. The van der Waals surface area contributed by atoms with Crippen LogP contribution in [0.5, 0.6) is 0 Å². The van der Waals surface area contributed by atoms with Crippen LogP contribution < -0.4 is 11.3 Å². The average molecular weight is 281 g/mol. The van der Waals surface area contributed by atoms with Gasteiger partial charge in [0.15, 0.2) is 0 Å². The van der Waals surface area contributed by atoms with Gasteiger partial charge < -0.3 is 4.90 Å². The highest BCUT2D eigenvalue weighted by molar-refractivity contribution is 5.99. The van der Waals surface area contributed by atoms with Crippen LogP contribution in [0.25, 0.3) is 0 Å². The number of nitrogens with zero attached hydrogens (tertiary/aromatic N) is 1. The lowest BCUT2D eigenvalue weighted by Crippen LogP contribution is -2.32. The summed E-state index contributed by atoms with van der Waals surface area (Å²) in [6.07, 6.45) is 0. The Labute approximate surface area is 122 Å². The predicted octanol–water partition coefficient (Wildman–Crippen LogP) is 1.45. The van der Waals surface area contributed by atoms with Gasteiger partial charge in [0, 0.05) is 24.2 Å². The minimum Gasteiger partial charge on any atom is -0.330 e. The first-order valence-corrected chi connectivity index (χ1v) is 6.66. The fourth-order valence-corrected chi connectivity index (χ4v) is 2.61. The summed E-state index contributed by atoms with van der Waals surface area (Å²) in [6.45, 7) is 0.949. The second-order valence-electron chi connectivity index (χ2n) is 4.95. The van der Waals surface area contributed by atoms with Crippen molar-refractivity contribution in [2.75, 3.05) is 0 Å². The quantitative estimate of drug-likeness (QED) is 0.508. The van der Waals surface area contributed by atoms with Crippen molar-refractivity contribution in [3.05, 3.63) is 70.8 Å². The topological polar surface area (TPSA) is 75.4 Å². The van der Waals surface area contributed by atoms with E-state index >= 15 is 0 Å². The van der Waals surface area contributed by atoms with Gasteiger partial charge in [-0.15, -0.1) is 0 Å². The number of rotatable bonds is 3. The first-order valence-electron chi connectivity index (χ1n) is 6.66. The molecule has 3 N–H and O–H groups in total. The zero-order valence-corrected chi connectivity index (χ0v) is 11.4. The fraction of sp³-hybridized carbons (Fsp3) is 0.125. The zero-order valence-electron chi connectivity index (χ0n) is 11.4. The molecule has 2 amide bonds. The van der Waals surface area contributed by atoms with Crippen molar-refractivity contribution < 1.29 is 9.59 Å². The highest BCUT2D eigenvalue weighted by atomic mass is 16.2. The average Bonchev–Trinajstić information content (AvgIpc) is 2.84. The molecule has 1 aliphatic rings. The molecule has 5 nitrogen and oxygen atoms in total. The van der Waals surface area contributed by atoms with Crippen molar-refractivity contribution in [1.82, 2.24) is 10.3 Å². The highest BCUT2D eigenvalue weighted by Gasteiger charge is 2.27. The van der Waals surface area contributed by atoms with Gasteiger partial charge in [-0.3, -0.25) is 15.0 Å². The Morgan fingerprint density at radius 3 is 2.62 bits per heavy atom. The molecule has 0 atom stereocenters. The number of benzene rings is 2. The Morgan fingerprint density at radius 2 is 1.86 bits per heavy atom. The van der Waals surface area contributed by atoms with E-state index in [0.29, 0.717) is 18.7 Å². The number of carbonyl (C=O) groups is 2. The predicted molar refractivity (Wildman–Crippen MR) is 78.1 cm³/mol. The van der Waals surface area contributed by atoms with Crippen LogP contribution in [0, 0.1) is 0 Å². The normalized spacial score (nSPS) is 13.2. The van der Waals surface area contributed by atoms with Gasteiger partial charge in [-0.05, 0) is 23.3 Å². The maximum Gasteiger partial charge on any atom is 0.265 e. The molecule has 0 aromatic heterocycles. The molecule has 0 aliphatic carbocycles. The Balaban J connectivity index is 1.87. The Morgan fingerprint density at radius 1 is 1.14 bits per heavy atom. The van der Waals surface area contributed by atoms with E-state index in [2.05, 4.69) is 5.43 Å². The summed E-state index contributed by atoms with van der Waals surface area (Å²) in [7, 11) is 0. The number of nitrogen functional groups attached to an aromatic ring is 1. The van der Waals surface area contributed by atoms with E-state index < -0.39 is 0 Å². The summed E-state index contributed by atoms with van der Waals surface area (Å²) in [6, 6.07) is 14.7. The second-order valence-corrected chi connectivity index (χ2v) is 4.95. The number of fused-ring (bicyclic) bond motifs is 1. The molecule has 0 saturated heterocycles. The molecule has 1 heterocycles. The minimum atomic E-state index is -0.352. The van der Waals surface area contributed by atoms with E-state index in [-0.39, 0.29) is 11.8 Å². The van der Waals surface area contributed by atoms with Gasteiger partial charge in [-0.25, -0.2) is 5.84 Å². The van der Waals surface area contributed by atoms with E-state index in [0.717, 1.165) is 16.7 Å². The first kappa shape index (κ1) is 13.3. The van der Waals surface area contributed by atoms with E-state index in [9.17, 15) is 9.59 Å². The molecule has 106 valence electrons. The molecule has 5 heteroatoms. The van der Waals surface area contributed by atoms with Crippen LogP contribution in [0.4, 0.5) is 0 Å². The molecule has 1 aliphatic heterocycles. The molecule has 2 aromatic carbocycles. The van der Waals surface area contributed by atoms with Crippen LogP contribution in [0.3, 0.4) is 0 Å². The second kappa shape index (κ2) is 5.38. The molecule has 2 aromatic rings. The van der Waals surface area contributed by atoms with Gasteiger partial charge in [0.05, 0.1) is 0 Å². The molecule has 0 radical (unpaired) electrons. The van der Waals surface area contributed by atoms with E-state index in [4.69, 9.17) is 5.84 Å². The number of amides is 2. The van der Waals surface area contributed by atoms with E-state index in [1.807, 2.05) is 36.4 Å². The third-order valence-electron chi connectivity index (χ3n) is 3.65. The molecule has 0 bridgehead atoms. The molecule has 0 fully saturated rings. The molecule has 0 spiro atoms. The lowest BCUT2D eigenvalue weighted by atomic mass is 10.1. The maximum atomic E-state index is 12.4. The SMILES string of the molecule is NNC(=O)c1ccccc1CN1Cc2ccccc2C1=O.